The van der Waals surface area contributed by atoms with E-state index in [0.717, 1.165) is 22.4 Å². The fourth-order valence-corrected chi connectivity index (χ4v) is 3.35. The van der Waals surface area contributed by atoms with Gasteiger partial charge in [0, 0.05) is 16.3 Å². The van der Waals surface area contributed by atoms with Crippen LogP contribution in [0.1, 0.15) is 20.8 Å². The van der Waals surface area contributed by atoms with Gasteiger partial charge in [0.25, 0.3) is 5.91 Å². The molecule has 0 aliphatic carbocycles. The second kappa shape index (κ2) is 6.57. The van der Waals surface area contributed by atoms with Crippen molar-refractivity contribution in [3.63, 3.8) is 0 Å². The Morgan fingerprint density at radius 2 is 1.78 bits per heavy atom. The molecule has 0 saturated carbocycles. The third kappa shape index (κ3) is 3.31. The lowest BCUT2D eigenvalue weighted by atomic mass is 10.0. The second-order valence-corrected chi connectivity index (χ2v) is 6.72. The monoisotopic (exact) mass is 341 g/mol. The summed E-state index contributed by atoms with van der Waals surface area (Å²) in [5.41, 5.74) is 4.81. The van der Waals surface area contributed by atoms with E-state index in [1.807, 2.05) is 55.6 Å². The number of hydrogen-bond donors (Lipinski definition) is 1. The van der Waals surface area contributed by atoms with Crippen molar-refractivity contribution in [2.24, 2.45) is 0 Å². The number of nitrogens with one attached hydrogen (secondary N) is 1. The number of hydrogen-bond acceptors (Lipinski definition) is 2. The first kappa shape index (κ1) is 15.8. The Kier molecular flexibility index (Phi) is 4.51. The second-order valence-electron chi connectivity index (χ2n) is 5.40. The van der Waals surface area contributed by atoms with Crippen LogP contribution in [0.4, 0.5) is 5.69 Å². The number of benzene rings is 2. The number of anilines is 1. The van der Waals surface area contributed by atoms with E-state index < -0.39 is 0 Å². The molecule has 23 heavy (non-hydrogen) atoms. The van der Waals surface area contributed by atoms with Gasteiger partial charge in [0.15, 0.2) is 0 Å². The smallest absolute Gasteiger partial charge is 0.266 e. The molecule has 1 amide bonds. The average Bonchev–Trinajstić information content (AvgIpc) is 3.02. The summed E-state index contributed by atoms with van der Waals surface area (Å²) < 4.78 is 0. The van der Waals surface area contributed by atoms with Crippen LogP contribution in [0.15, 0.2) is 53.9 Å². The number of carbonyl (C=O) groups excluding carboxylic acids is 1. The Balaban J connectivity index is 1.91. The Bertz CT molecular complexity index is 852. The number of halogens is 1. The molecular weight excluding hydrogens is 326 g/mol. The lowest BCUT2D eigenvalue weighted by Crippen LogP contribution is -2.12. The summed E-state index contributed by atoms with van der Waals surface area (Å²) >= 11 is 7.56. The molecule has 3 aromatic rings. The third-order valence-corrected chi connectivity index (χ3v) is 5.07. The minimum atomic E-state index is -0.110. The van der Waals surface area contributed by atoms with Crippen molar-refractivity contribution >= 4 is 34.5 Å². The van der Waals surface area contributed by atoms with Crippen LogP contribution >= 0.6 is 22.9 Å². The van der Waals surface area contributed by atoms with Gasteiger partial charge in [0.05, 0.1) is 4.88 Å². The molecule has 0 saturated heterocycles. The average molecular weight is 342 g/mol. The quantitative estimate of drug-likeness (QED) is 0.627. The number of amides is 1. The van der Waals surface area contributed by atoms with Gasteiger partial charge in [0.1, 0.15) is 0 Å². The van der Waals surface area contributed by atoms with Gasteiger partial charge in [-0.25, -0.2) is 0 Å². The zero-order valence-corrected chi connectivity index (χ0v) is 14.5. The summed E-state index contributed by atoms with van der Waals surface area (Å²) in [5, 5.41) is 5.55. The summed E-state index contributed by atoms with van der Waals surface area (Å²) in [6.07, 6.45) is 0. The molecule has 0 aliphatic heterocycles. The largest absolute Gasteiger partial charge is 0.321 e. The van der Waals surface area contributed by atoms with Gasteiger partial charge < -0.3 is 5.32 Å². The van der Waals surface area contributed by atoms with E-state index in [0.29, 0.717) is 9.90 Å². The van der Waals surface area contributed by atoms with Crippen LogP contribution < -0.4 is 5.32 Å². The van der Waals surface area contributed by atoms with E-state index in [-0.39, 0.29) is 5.91 Å². The molecule has 0 bridgehead atoms. The number of aryl methyl sites for hydroxylation is 1. The van der Waals surface area contributed by atoms with Crippen molar-refractivity contribution < 1.29 is 4.79 Å². The van der Waals surface area contributed by atoms with E-state index in [1.165, 1.54) is 16.9 Å². The highest BCUT2D eigenvalue weighted by Crippen LogP contribution is 2.30. The zero-order chi connectivity index (χ0) is 16.4. The molecule has 0 fully saturated rings. The molecule has 0 radical (unpaired) electrons. The van der Waals surface area contributed by atoms with Crippen LogP contribution in [0, 0.1) is 13.8 Å². The lowest BCUT2D eigenvalue weighted by molar-refractivity contribution is 0.103. The van der Waals surface area contributed by atoms with Gasteiger partial charge in [-0.15, -0.1) is 11.3 Å². The van der Waals surface area contributed by atoms with E-state index in [1.54, 1.807) is 0 Å². The minimum absolute atomic E-state index is 0.110. The van der Waals surface area contributed by atoms with Crippen molar-refractivity contribution in [2.45, 2.75) is 13.8 Å². The maximum Gasteiger partial charge on any atom is 0.266 e. The molecule has 1 heterocycles. The topological polar surface area (TPSA) is 29.1 Å². The van der Waals surface area contributed by atoms with E-state index in [4.69, 9.17) is 11.6 Å². The van der Waals surface area contributed by atoms with Crippen molar-refractivity contribution in [3.8, 4) is 11.1 Å². The molecule has 116 valence electrons. The Labute approximate surface area is 144 Å². The molecule has 2 nitrogen and oxygen atoms in total. The molecule has 1 N–H and O–H groups in total. The predicted molar refractivity (Wildman–Crippen MR) is 98.6 cm³/mol. The van der Waals surface area contributed by atoms with Gasteiger partial charge in [-0.2, -0.15) is 0 Å². The third-order valence-electron chi connectivity index (χ3n) is 3.75. The van der Waals surface area contributed by atoms with E-state index in [2.05, 4.69) is 17.4 Å². The summed E-state index contributed by atoms with van der Waals surface area (Å²) in [5.74, 6) is -0.110. The minimum Gasteiger partial charge on any atom is -0.321 e. The molecule has 4 heteroatoms. The summed E-state index contributed by atoms with van der Waals surface area (Å²) in [4.78, 5) is 13.4. The van der Waals surface area contributed by atoms with Crippen molar-refractivity contribution in [2.75, 3.05) is 5.32 Å². The first-order chi connectivity index (χ1) is 11.1. The molecule has 0 unspecified atom stereocenters. The van der Waals surface area contributed by atoms with E-state index in [9.17, 15) is 4.79 Å². The molecule has 0 aliphatic rings. The summed E-state index contributed by atoms with van der Waals surface area (Å²) in [6.45, 7) is 3.94. The lowest BCUT2D eigenvalue weighted by Gasteiger charge is -2.10. The predicted octanol–water partition coefficient (Wildman–Crippen LogP) is 5.94. The first-order valence-corrected chi connectivity index (χ1v) is 8.53. The summed E-state index contributed by atoms with van der Waals surface area (Å²) in [7, 11) is 0. The molecule has 1 aromatic heterocycles. The fraction of sp³-hybridized carbons (Fsp3) is 0.105. The highest BCUT2D eigenvalue weighted by molar-refractivity contribution is 7.12. The van der Waals surface area contributed by atoms with Gasteiger partial charge in [-0.05, 0) is 48.6 Å². The normalized spacial score (nSPS) is 10.6. The molecule has 0 spiro atoms. The highest BCUT2D eigenvalue weighted by atomic mass is 35.5. The van der Waals surface area contributed by atoms with Crippen molar-refractivity contribution in [1.29, 1.82) is 0 Å². The van der Waals surface area contributed by atoms with Crippen LogP contribution in [-0.4, -0.2) is 5.91 Å². The number of thiophene rings is 1. The van der Waals surface area contributed by atoms with Crippen LogP contribution in [0.2, 0.25) is 5.02 Å². The Morgan fingerprint density at radius 1 is 1.04 bits per heavy atom. The Hall–Kier alpha value is -2.10. The summed E-state index contributed by atoms with van der Waals surface area (Å²) in [6, 6.07) is 15.7. The van der Waals surface area contributed by atoms with Crippen LogP contribution in [0.25, 0.3) is 11.1 Å². The molecule has 0 atom stereocenters. The number of carbonyl (C=O) groups is 1. The van der Waals surface area contributed by atoms with Crippen molar-refractivity contribution in [3.05, 3.63) is 74.9 Å². The standard InChI is InChI=1S/C19H16ClNOS/c1-12-6-8-14(9-7-12)15-10-11-23-18(15)19(22)21-17-5-3-4-16(20)13(17)2/h3-11H,1-2H3,(H,21,22). The Morgan fingerprint density at radius 3 is 2.52 bits per heavy atom. The molecule has 3 rings (SSSR count). The maximum atomic E-state index is 12.7. The zero-order valence-electron chi connectivity index (χ0n) is 12.9. The van der Waals surface area contributed by atoms with Crippen LogP contribution in [0.3, 0.4) is 0 Å². The van der Waals surface area contributed by atoms with Gasteiger partial charge in [-0.1, -0.05) is 47.5 Å². The number of rotatable bonds is 3. The first-order valence-electron chi connectivity index (χ1n) is 7.27. The highest BCUT2D eigenvalue weighted by Gasteiger charge is 2.16. The maximum absolute atomic E-state index is 12.7. The fourth-order valence-electron chi connectivity index (χ4n) is 2.37. The van der Waals surface area contributed by atoms with Gasteiger partial charge in [0.2, 0.25) is 0 Å². The van der Waals surface area contributed by atoms with Gasteiger partial charge >= 0.3 is 0 Å². The van der Waals surface area contributed by atoms with Crippen LogP contribution in [0.5, 0.6) is 0 Å². The van der Waals surface area contributed by atoms with Gasteiger partial charge in [-0.3, -0.25) is 4.79 Å². The SMILES string of the molecule is Cc1ccc(-c2ccsc2C(=O)Nc2cccc(Cl)c2C)cc1. The van der Waals surface area contributed by atoms with Crippen LogP contribution in [-0.2, 0) is 0 Å². The molecular formula is C19H16ClNOS. The molecule has 2 aromatic carbocycles. The van der Waals surface area contributed by atoms with E-state index >= 15 is 0 Å². The van der Waals surface area contributed by atoms with Crippen molar-refractivity contribution in [1.82, 2.24) is 0 Å².